The zero-order valence-electron chi connectivity index (χ0n) is 14.6. The lowest BCUT2D eigenvalue weighted by Gasteiger charge is -2.25. The van der Waals surface area contributed by atoms with Crippen LogP contribution in [0.1, 0.15) is 31.0 Å². The summed E-state index contributed by atoms with van der Waals surface area (Å²) in [4.78, 5) is 11.4. The first kappa shape index (κ1) is 19.4. The van der Waals surface area contributed by atoms with Crippen molar-refractivity contribution >= 4 is 33.2 Å². The lowest BCUT2D eigenvalue weighted by atomic mass is 10.1. The van der Waals surface area contributed by atoms with E-state index in [-0.39, 0.29) is 16.8 Å². The molecule has 1 N–H and O–H groups in total. The van der Waals surface area contributed by atoms with Gasteiger partial charge in [-0.05, 0) is 49.2 Å². The van der Waals surface area contributed by atoms with Gasteiger partial charge in [-0.15, -0.1) is 0 Å². The summed E-state index contributed by atoms with van der Waals surface area (Å²) in [5, 5.41) is 3.21. The minimum atomic E-state index is -3.74. The van der Waals surface area contributed by atoms with Crippen LogP contribution in [-0.2, 0) is 14.8 Å². The number of nitrogens with zero attached hydrogens (tertiary/aromatic N) is 1. The van der Waals surface area contributed by atoms with Crippen LogP contribution in [0.5, 0.6) is 0 Å². The average molecular weight is 381 g/mol. The Morgan fingerprint density at radius 1 is 1.16 bits per heavy atom. The van der Waals surface area contributed by atoms with Crippen LogP contribution in [0.3, 0.4) is 0 Å². The van der Waals surface area contributed by atoms with Crippen molar-refractivity contribution in [1.29, 1.82) is 0 Å². The zero-order valence-corrected chi connectivity index (χ0v) is 16.1. The van der Waals surface area contributed by atoms with Crippen molar-refractivity contribution in [2.75, 3.05) is 12.4 Å². The van der Waals surface area contributed by atoms with Gasteiger partial charge in [0.2, 0.25) is 15.9 Å². The molecule has 0 saturated carbocycles. The summed E-state index contributed by atoms with van der Waals surface area (Å²) in [6.45, 7) is 4.92. The van der Waals surface area contributed by atoms with Crippen molar-refractivity contribution in [2.24, 2.45) is 0 Å². The normalized spacial score (nSPS) is 12.9. The van der Waals surface area contributed by atoms with Gasteiger partial charge in [0, 0.05) is 30.7 Å². The summed E-state index contributed by atoms with van der Waals surface area (Å²) >= 11 is 5.90. The van der Waals surface area contributed by atoms with Gasteiger partial charge >= 0.3 is 0 Å². The molecular weight excluding hydrogens is 360 g/mol. The van der Waals surface area contributed by atoms with Crippen LogP contribution in [0, 0.1) is 6.92 Å². The van der Waals surface area contributed by atoms with E-state index in [9.17, 15) is 13.2 Å². The number of benzene rings is 2. The molecule has 1 unspecified atom stereocenters. The summed E-state index contributed by atoms with van der Waals surface area (Å²) < 4.78 is 27.4. The number of anilines is 1. The van der Waals surface area contributed by atoms with Gasteiger partial charge in [0.05, 0.1) is 4.90 Å². The van der Waals surface area contributed by atoms with Gasteiger partial charge in [-0.3, -0.25) is 4.79 Å². The fourth-order valence-corrected chi connectivity index (χ4v) is 4.20. The Bertz CT molecular complexity index is 880. The fourth-order valence-electron chi connectivity index (χ4n) is 2.47. The molecule has 0 spiro atoms. The van der Waals surface area contributed by atoms with Crippen LogP contribution in [0.25, 0.3) is 0 Å². The van der Waals surface area contributed by atoms with E-state index in [1.165, 1.54) is 17.3 Å². The Balaban J connectivity index is 2.39. The second-order valence-electron chi connectivity index (χ2n) is 5.91. The van der Waals surface area contributed by atoms with E-state index in [2.05, 4.69) is 5.32 Å². The second kappa shape index (κ2) is 7.56. The molecule has 0 aliphatic rings. The number of aryl methyl sites for hydroxylation is 1. The third kappa shape index (κ3) is 4.39. The zero-order chi connectivity index (χ0) is 18.8. The van der Waals surface area contributed by atoms with Crippen molar-refractivity contribution in [1.82, 2.24) is 4.31 Å². The number of carbonyl (C=O) groups excluding carboxylic acids is 1. The van der Waals surface area contributed by atoms with Gasteiger partial charge in [0.25, 0.3) is 0 Å². The van der Waals surface area contributed by atoms with E-state index >= 15 is 0 Å². The molecule has 0 aliphatic carbocycles. The van der Waals surface area contributed by atoms with E-state index in [0.717, 1.165) is 5.56 Å². The molecule has 0 fully saturated rings. The Kier molecular flexibility index (Phi) is 5.87. The molecule has 134 valence electrons. The molecule has 2 aromatic carbocycles. The van der Waals surface area contributed by atoms with Crippen LogP contribution in [0.2, 0.25) is 5.02 Å². The second-order valence-corrected chi connectivity index (χ2v) is 8.31. The van der Waals surface area contributed by atoms with Crippen molar-refractivity contribution in [3.8, 4) is 0 Å². The Labute approximate surface area is 153 Å². The highest BCUT2D eigenvalue weighted by atomic mass is 35.5. The Morgan fingerprint density at radius 2 is 1.76 bits per heavy atom. The van der Waals surface area contributed by atoms with Crippen LogP contribution < -0.4 is 5.32 Å². The van der Waals surface area contributed by atoms with E-state index in [1.54, 1.807) is 50.4 Å². The van der Waals surface area contributed by atoms with Crippen LogP contribution in [0.15, 0.2) is 47.4 Å². The van der Waals surface area contributed by atoms with Crippen LogP contribution >= 0.6 is 11.6 Å². The molecule has 0 aromatic heterocycles. The average Bonchev–Trinajstić information content (AvgIpc) is 2.55. The molecule has 2 aromatic rings. The maximum Gasteiger partial charge on any atom is 0.243 e. The van der Waals surface area contributed by atoms with E-state index in [4.69, 9.17) is 11.6 Å². The third-order valence-electron chi connectivity index (χ3n) is 4.06. The highest BCUT2D eigenvalue weighted by Gasteiger charge is 2.28. The fraction of sp³-hybridized carbons (Fsp3) is 0.278. The molecule has 2 rings (SSSR count). The van der Waals surface area contributed by atoms with Gasteiger partial charge in [-0.1, -0.05) is 29.8 Å². The maximum atomic E-state index is 13.1. The number of sulfonamides is 1. The molecule has 0 bridgehead atoms. The monoisotopic (exact) mass is 380 g/mol. The van der Waals surface area contributed by atoms with Crippen molar-refractivity contribution in [3.63, 3.8) is 0 Å². The highest BCUT2D eigenvalue weighted by molar-refractivity contribution is 7.89. The molecular formula is C18H21ClN2O3S. The molecule has 7 heteroatoms. The smallest absolute Gasteiger partial charge is 0.243 e. The van der Waals surface area contributed by atoms with Gasteiger partial charge in [-0.2, -0.15) is 4.31 Å². The van der Waals surface area contributed by atoms with E-state index in [1.807, 2.05) is 6.92 Å². The summed E-state index contributed by atoms with van der Waals surface area (Å²) in [6, 6.07) is 11.5. The SMILES string of the molecule is CC(=O)Nc1ccc(C)c(S(=O)(=O)N(C)C(C)c2ccc(Cl)cc2)c1. The quantitative estimate of drug-likeness (QED) is 0.852. The first-order valence-corrected chi connectivity index (χ1v) is 9.56. The third-order valence-corrected chi connectivity index (χ3v) is 6.39. The number of hydrogen-bond donors (Lipinski definition) is 1. The number of rotatable bonds is 5. The Hall–Kier alpha value is -1.89. The maximum absolute atomic E-state index is 13.1. The lowest BCUT2D eigenvalue weighted by molar-refractivity contribution is -0.114. The van der Waals surface area contributed by atoms with Gasteiger partial charge in [0.1, 0.15) is 0 Å². The van der Waals surface area contributed by atoms with Crippen molar-refractivity contribution < 1.29 is 13.2 Å². The molecule has 1 atom stereocenters. The summed E-state index contributed by atoms with van der Waals surface area (Å²) in [5.41, 5.74) is 1.90. The summed E-state index contributed by atoms with van der Waals surface area (Å²) in [5.74, 6) is -0.255. The predicted molar refractivity (Wildman–Crippen MR) is 100 cm³/mol. The standard InChI is InChI=1S/C18H21ClN2O3S/c1-12-5-10-17(20-14(3)22)11-18(12)25(23,24)21(4)13(2)15-6-8-16(19)9-7-15/h5-11,13H,1-4H3,(H,20,22). The van der Waals surface area contributed by atoms with Crippen LogP contribution in [0.4, 0.5) is 5.69 Å². The molecule has 0 aliphatic heterocycles. The number of carbonyl (C=O) groups is 1. The van der Waals surface area contributed by atoms with Gasteiger partial charge < -0.3 is 5.32 Å². The first-order chi connectivity index (χ1) is 11.6. The minimum Gasteiger partial charge on any atom is -0.326 e. The number of nitrogens with one attached hydrogen (secondary N) is 1. The van der Waals surface area contributed by atoms with Gasteiger partial charge in [0.15, 0.2) is 0 Å². The number of halogens is 1. The molecule has 1 amide bonds. The molecule has 0 saturated heterocycles. The highest BCUT2D eigenvalue weighted by Crippen LogP contribution is 2.29. The molecule has 5 nitrogen and oxygen atoms in total. The summed E-state index contributed by atoms with van der Waals surface area (Å²) in [6.07, 6.45) is 0. The number of amides is 1. The number of hydrogen-bond acceptors (Lipinski definition) is 3. The topological polar surface area (TPSA) is 66.5 Å². The molecule has 0 heterocycles. The molecule has 25 heavy (non-hydrogen) atoms. The largest absolute Gasteiger partial charge is 0.326 e. The van der Waals surface area contributed by atoms with Crippen molar-refractivity contribution in [3.05, 3.63) is 58.6 Å². The summed E-state index contributed by atoms with van der Waals surface area (Å²) in [7, 11) is -2.20. The minimum absolute atomic E-state index is 0.169. The predicted octanol–water partition coefficient (Wildman–Crippen LogP) is 3.99. The van der Waals surface area contributed by atoms with E-state index in [0.29, 0.717) is 16.3 Å². The van der Waals surface area contributed by atoms with E-state index < -0.39 is 10.0 Å². The Morgan fingerprint density at radius 3 is 2.32 bits per heavy atom. The van der Waals surface area contributed by atoms with Crippen molar-refractivity contribution in [2.45, 2.75) is 31.7 Å². The first-order valence-electron chi connectivity index (χ1n) is 7.74. The lowest BCUT2D eigenvalue weighted by Crippen LogP contribution is -2.30. The van der Waals surface area contributed by atoms with Gasteiger partial charge in [-0.25, -0.2) is 8.42 Å². The molecule has 0 radical (unpaired) electrons. The van der Waals surface area contributed by atoms with Crippen LogP contribution in [-0.4, -0.2) is 25.7 Å².